The van der Waals surface area contributed by atoms with Gasteiger partial charge in [0.05, 0.1) is 0 Å². The van der Waals surface area contributed by atoms with Gasteiger partial charge >= 0.3 is 0 Å². The van der Waals surface area contributed by atoms with Crippen molar-refractivity contribution in [2.75, 3.05) is 0 Å². The fourth-order valence-electron chi connectivity index (χ4n) is 2.49. The van der Waals surface area contributed by atoms with Gasteiger partial charge in [-0.1, -0.05) is 51.8 Å². The molecule has 104 valence electrons. The molecular formula is C18H12BrClO. The predicted molar refractivity (Wildman–Crippen MR) is 91.3 cm³/mol. The number of carbonyl (C=O) groups is 1. The summed E-state index contributed by atoms with van der Waals surface area (Å²) in [6, 6.07) is 17.0. The van der Waals surface area contributed by atoms with Crippen LogP contribution in [0.3, 0.4) is 0 Å². The number of benzene rings is 3. The van der Waals surface area contributed by atoms with Gasteiger partial charge in [-0.3, -0.25) is 4.79 Å². The molecule has 0 aromatic heterocycles. The van der Waals surface area contributed by atoms with Gasteiger partial charge in [-0.25, -0.2) is 0 Å². The Bertz CT molecular complexity index is 855. The van der Waals surface area contributed by atoms with Crippen LogP contribution < -0.4 is 0 Å². The van der Waals surface area contributed by atoms with Crippen molar-refractivity contribution in [3.05, 3.63) is 80.8 Å². The van der Waals surface area contributed by atoms with E-state index in [-0.39, 0.29) is 5.78 Å². The maximum atomic E-state index is 12.8. The van der Waals surface area contributed by atoms with Crippen LogP contribution >= 0.6 is 27.5 Å². The largest absolute Gasteiger partial charge is 0.289 e. The first-order valence-electron chi connectivity index (χ1n) is 6.56. The summed E-state index contributed by atoms with van der Waals surface area (Å²) >= 11 is 9.50. The van der Waals surface area contributed by atoms with Crippen molar-refractivity contribution in [1.29, 1.82) is 0 Å². The van der Waals surface area contributed by atoms with E-state index in [2.05, 4.69) is 15.9 Å². The number of hydrogen-bond donors (Lipinski definition) is 0. The highest BCUT2D eigenvalue weighted by Crippen LogP contribution is 2.29. The molecule has 3 rings (SSSR count). The van der Waals surface area contributed by atoms with Crippen molar-refractivity contribution >= 4 is 44.1 Å². The molecule has 0 radical (unpaired) electrons. The monoisotopic (exact) mass is 358 g/mol. The summed E-state index contributed by atoms with van der Waals surface area (Å²) in [5.41, 5.74) is 2.28. The number of halogens is 2. The molecule has 0 aliphatic carbocycles. The molecule has 0 saturated carbocycles. The summed E-state index contributed by atoms with van der Waals surface area (Å²) in [5, 5.41) is 2.63. The number of fused-ring (bicyclic) bond motifs is 1. The molecule has 3 heteroatoms. The Morgan fingerprint density at radius 1 is 0.952 bits per heavy atom. The van der Waals surface area contributed by atoms with Gasteiger partial charge in [0.2, 0.25) is 0 Å². The third-order valence-electron chi connectivity index (χ3n) is 3.55. The molecule has 0 aliphatic heterocycles. The number of carbonyl (C=O) groups excluding carboxylic acids is 1. The number of ketones is 1. The molecule has 1 nitrogen and oxygen atoms in total. The Labute approximate surface area is 136 Å². The highest BCUT2D eigenvalue weighted by Gasteiger charge is 2.15. The molecule has 0 fully saturated rings. The van der Waals surface area contributed by atoms with Crippen LogP contribution in [0.5, 0.6) is 0 Å². The first-order chi connectivity index (χ1) is 10.1. The van der Waals surface area contributed by atoms with E-state index in [1.807, 2.05) is 49.4 Å². The highest BCUT2D eigenvalue weighted by molar-refractivity contribution is 9.10. The van der Waals surface area contributed by atoms with E-state index in [0.717, 1.165) is 20.8 Å². The molecule has 0 unspecified atom stereocenters. The molecule has 0 amide bonds. The van der Waals surface area contributed by atoms with Crippen molar-refractivity contribution in [2.45, 2.75) is 6.92 Å². The summed E-state index contributed by atoms with van der Waals surface area (Å²) in [4.78, 5) is 12.8. The van der Waals surface area contributed by atoms with Gasteiger partial charge in [-0.2, -0.15) is 0 Å². The zero-order chi connectivity index (χ0) is 15.0. The lowest BCUT2D eigenvalue weighted by molar-refractivity contribution is 0.103. The zero-order valence-electron chi connectivity index (χ0n) is 11.4. The van der Waals surface area contributed by atoms with Gasteiger partial charge in [-0.15, -0.1) is 0 Å². The van der Waals surface area contributed by atoms with Crippen LogP contribution in [0.15, 0.2) is 59.1 Å². The number of rotatable bonds is 2. The van der Waals surface area contributed by atoms with Crippen molar-refractivity contribution in [3.8, 4) is 0 Å². The quantitative estimate of drug-likeness (QED) is 0.529. The van der Waals surface area contributed by atoms with Crippen LogP contribution in [0.1, 0.15) is 21.5 Å². The molecule has 0 bridgehead atoms. The van der Waals surface area contributed by atoms with Gasteiger partial charge in [0, 0.05) is 20.6 Å². The van der Waals surface area contributed by atoms with E-state index >= 15 is 0 Å². The van der Waals surface area contributed by atoms with E-state index < -0.39 is 0 Å². The maximum Gasteiger partial charge on any atom is 0.193 e. The van der Waals surface area contributed by atoms with Gasteiger partial charge < -0.3 is 0 Å². The minimum Gasteiger partial charge on any atom is -0.289 e. The van der Waals surface area contributed by atoms with Gasteiger partial charge in [0.25, 0.3) is 0 Å². The summed E-state index contributed by atoms with van der Waals surface area (Å²) in [6.45, 7) is 1.90. The first-order valence-corrected chi connectivity index (χ1v) is 7.73. The van der Waals surface area contributed by atoms with Crippen LogP contribution in [0, 0.1) is 6.92 Å². The molecule has 0 spiro atoms. The lowest BCUT2D eigenvalue weighted by Crippen LogP contribution is -2.04. The van der Waals surface area contributed by atoms with E-state index in [9.17, 15) is 4.79 Å². The summed E-state index contributed by atoms with van der Waals surface area (Å²) in [7, 11) is 0. The topological polar surface area (TPSA) is 17.1 Å². The van der Waals surface area contributed by atoms with Crippen molar-refractivity contribution in [1.82, 2.24) is 0 Å². The third kappa shape index (κ3) is 2.61. The summed E-state index contributed by atoms with van der Waals surface area (Å²) < 4.78 is 0.988. The van der Waals surface area contributed by atoms with Crippen LogP contribution in [-0.4, -0.2) is 5.78 Å². The van der Waals surface area contributed by atoms with E-state index in [1.54, 1.807) is 12.1 Å². The SMILES string of the molecule is Cc1cc(Cl)ccc1C(=O)c1ccc(Br)c2ccccc12. The van der Waals surface area contributed by atoms with Gasteiger partial charge in [0.1, 0.15) is 0 Å². The van der Waals surface area contributed by atoms with Crippen LogP contribution in [-0.2, 0) is 0 Å². The Kier molecular flexibility index (Phi) is 3.83. The fraction of sp³-hybridized carbons (Fsp3) is 0.0556. The lowest BCUT2D eigenvalue weighted by atomic mass is 9.95. The van der Waals surface area contributed by atoms with Crippen molar-refractivity contribution in [2.24, 2.45) is 0 Å². The zero-order valence-corrected chi connectivity index (χ0v) is 13.7. The Morgan fingerprint density at radius 2 is 1.62 bits per heavy atom. The molecule has 0 heterocycles. The first kappa shape index (κ1) is 14.3. The average Bonchev–Trinajstić information content (AvgIpc) is 2.47. The predicted octanol–water partition coefficient (Wildman–Crippen LogP) is 5.80. The van der Waals surface area contributed by atoms with E-state index in [4.69, 9.17) is 11.6 Å². The number of aryl methyl sites for hydroxylation is 1. The van der Waals surface area contributed by atoms with Crippen LogP contribution in [0.2, 0.25) is 5.02 Å². The third-order valence-corrected chi connectivity index (χ3v) is 4.48. The Balaban J connectivity index is 2.21. The Morgan fingerprint density at radius 3 is 2.33 bits per heavy atom. The van der Waals surface area contributed by atoms with Crippen molar-refractivity contribution in [3.63, 3.8) is 0 Å². The van der Waals surface area contributed by atoms with Crippen molar-refractivity contribution < 1.29 is 4.79 Å². The summed E-state index contributed by atoms with van der Waals surface area (Å²) in [5.74, 6) is 0.0212. The second-order valence-electron chi connectivity index (χ2n) is 4.93. The molecule has 0 N–H and O–H groups in total. The van der Waals surface area contributed by atoms with E-state index in [1.165, 1.54) is 0 Å². The lowest BCUT2D eigenvalue weighted by Gasteiger charge is -2.09. The smallest absolute Gasteiger partial charge is 0.193 e. The maximum absolute atomic E-state index is 12.8. The highest BCUT2D eigenvalue weighted by atomic mass is 79.9. The standard InChI is InChI=1S/C18H12BrClO/c1-11-10-12(20)6-7-13(11)18(21)16-8-9-17(19)15-5-3-2-4-14(15)16/h2-10H,1H3. The molecular weight excluding hydrogens is 348 g/mol. The number of hydrogen-bond acceptors (Lipinski definition) is 1. The minimum atomic E-state index is 0.0212. The van der Waals surface area contributed by atoms with Crippen LogP contribution in [0.4, 0.5) is 0 Å². The molecule has 0 atom stereocenters. The fourth-order valence-corrected chi connectivity index (χ4v) is 3.19. The molecule has 3 aromatic carbocycles. The summed E-state index contributed by atoms with van der Waals surface area (Å²) in [6.07, 6.45) is 0. The molecule has 0 aliphatic rings. The van der Waals surface area contributed by atoms with Gasteiger partial charge in [-0.05, 0) is 53.6 Å². The molecule has 21 heavy (non-hydrogen) atoms. The Hall–Kier alpha value is -1.64. The average molecular weight is 360 g/mol. The second kappa shape index (κ2) is 5.63. The van der Waals surface area contributed by atoms with E-state index in [0.29, 0.717) is 16.1 Å². The van der Waals surface area contributed by atoms with Crippen LogP contribution in [0.25, 0.3) is 10.8 Å². The minimum absolute atomic E-state index is 0.0212. The van der Waals surface area contributed by atoms with Gasteiger partial charge in [0.15, 0.2) is 5.78 Å². The molecule has 3 aromatic rings. The second-order valence-corrected chi connectivity index (χ2v) is 6.22. The normalized spacial score (nSPS) is 10.8. The molecule has 0 saturated heterocycles.